The monoisotopic (exact) mass is 491 g/mol. The summed E-state index contributed by atoms with van der Waals surface area (Å²) in [6, 6.07) is 13.9. The molecule has 2 aromatic carbocycles. The van der Waals surface area contributed by atoms with Crippen LogP contribution in [-0.2, 0) is 21.4 Å². The Hall–Kier alpha value is -3.87. The van der Waals surface area contributed by atoms with Crippen molar-refractivity contribution >= 4 is 38.9 Å². The van der Waals surface area contributed by atoms with E-state index in [9.17, 15) is 28.1 Å². The molecule has 2 amide bonds. The molecule has 4 N–H and O–H groups in total. The molecule has 0 atom stereocenters. The van der Waals surface area contributed by atoms with Gasteiger partial charge in [0.2, 0.25) is 16.6 Å². The number of nitrogens with zero attached hydrogens (tertiary/aromatic N) is 2. The van der Waals surface area contributed by atoms with E-state index >= 15 is 0 Å². The Kier molecular flexibility index (Phi) is 8.18. The van der Waals surface area contributed by atoms with E-state index < -0.39 is 26.8 Å². The summed E-state index contributed by atoms with van der Waals surface area (Å²) in [5.41, 5.74) is 0.953. The summed E-state index contributed by atoms with van der Waals surface area (Å²) in [5, 5.41) is 21.0. The molecule has 11 nitrogen and oxygen atoms in total. The molecule has 3 aromatic rings. The van der Waals surface area contributed by atoms with Gasteiger partial charge in [0.15, 0.2) is 12.4 Å². The normalized spacial score (nSPS) is 10.6. The van der Waals surface area contributed by atoms with Crippen LogP contribution in [0.25, 0.3) is 0 Å². The number of benzene rings is 2. The highest BCUT2D eigenvalue weighted by molar-refractivity contribution is 7.89. The molecule has 1 heterocycles. The highest BCUT2D eigenvalue weighted by atomic mass is 35.5. The van der Waals surface area contributed by atoms with Crippen molar-refractivity contribution in [2.45, 2.75) is 11.4 Å². The number of primary sulfonamides is 1. The average Bonchev–Trinajstić information content (AvgIpc) is 2.74. The third-order valence-electron chi connectivity index (χ3n) is 4.25. The van der Waals surface area contributed by atoms with Crippen LogP contribution in [0.1, 0.15) is 10.4 Å². The van der Waals surface area contributed by atoms with Crippen molar-refractivity contribution in [3.8, 4) is 0 Å². The molecule has 0 aliphatic carbocycles. The van der Waals surface area contributed by atoms with Crippen molar-refractivity contribution in [3.63, 3.8) is 0 Å². The van der Waals surface area contributed by atoms with E-state index in [1.54, 1.807) is 18.3 Å². The standard InChI is InChI=1S/C20H17N5O6S.ClH/c21-32(30,31)18-9-5-15(6-10-18)22-19(26)13-24-11-1-2-14(12-24)20(27)23-16-3-7-17(8-4-16)25(28)29;/h1-12H,13H2,(H3-,21,22,23,26,27,30,31);1H. The number of carbonyl (C=O) groups excluding carboxylic acids is 2. The fourth-order valence-corrected chi connectivity index (χ4v) is 3.23. The first-order chi connectivity index (χ1) is 15.1. The maximum absolute atomic E-state index is 12.5. The summed E-state index contributed by atoms with van der Waals surface area (Å²) < 4.78 is 24.1. The van der Waals surface area contributed by atoms with Gasteiger partial charge in [-0.15, -0.1) is 0 Å². The predicted molar refractivity (Wildman–Crippen MR) is 114 cm³/mol. The van der Waals surface area contributed by atoms with E-state index in [1.807, 2.05) is 0 Å². The van der Waals surface area contributed by atoms with Crippen LogP contribution in [0.5, 0.6) is 0 Å². The van der Waals surface area contributed by atoms with Crippen molar-refractivity contribution < 1.29 is 39.9 Å². The number of nitro benzene ring substituents is 1. The van der Waals surface area contributed by atoms with Crippen LogP contribution in [0.2, 0.25) is 0 Å². The van der Waals surface area contributed by atoms with Gasteiger partial charge in [-0.05, 0) is 42.5 Å². The van der Waals surface area contributed by atoms with Gasteiger partial charge in [-0.1, -0.05) is 0 Å². The summed E-state index contributed by atoms with van der Waals surface area (Å²) in [6.07, 6.45) is 3.08. The zero-order chi connectivity index (χ0) is 23.3. The topological polar surface area (TPSA) is 165 Å². The van der Waals surface area contributed by atoms with Gasteiger partial charge in [0.25, 0.3) is 17.5 Å². The Bertz CT molecular complexity index is 1280. The van der Waals surface area contributed by atoms with Crippen LogP contribution in [0, 0.1) is 10.1 Å². The number of carbonyl (C=O) groups is 2. The third kappa shape index (κ3) is 7.07. The smallest absolute Gasteiger partial charge is 0.290 e. The molecule has 0 aliphatic heterocycles. The minimum atomic E-state index is -3.82. The van der Waals surface area contributed by atoms with Crippen molar-refractivity contribution in [2.75, 3.05) is 10.6 Å². The van der Waals surface area contributed by atoms with Crippen molar-refractivity contribution in [3.05, 3.63) is 88.7 Å². The lowest BCUT2D eigenvalue weighted by Gasteiger charge is -2.06. The first-order valence-corrected chi connectivity index (χ1v) is 10.6. The quantitative estimate of drug-likeness (QED) is 0.205. The van der Waals surface area contributed by atoms with Gasteiger partial charge in [-0.3, -0.25) is 19.7 Å². The second-order valence-corrected chi connectivity index (χ2v) is 8.20. The zero-order valence-electron chi connectivity index (χ0n) is 16.8. The molecule has 0 bridgehead atoms. The summed E-state index contributed by atoms with van der Waals surface area (Å²) >= 11 is 0. The Balaban J connectivity index is 0.00000385. The number of rotatable bonds is 7. The zero-order valence-corrected chi connectivity index (χ0v) is 18.4. The number of sulfonamides is 1. The molecule has 0 unspecified atom stereocenters. The first kappa shape index (κ1) is 25.4. The number of nitrogens with one attached hydrogen (secondary N) is 2. The number of nitro groups is 1. The van der Waals surface area contributed by atoms with Gasteiger partial charge >= 0.3 is 0 Å². The van der Waals surface area contributed by atoms with Crippen LogP contribution in [-0.4, -0.2) is 25.2 Å². The molecule has 1 aromatic heterocycles. The minimum Gasteiger partial charge on any atom is -1.00 e. The van der Waals surface area contributed by atoms with Gasteiger partial charge < -0.3 is 23.0 Å². The van der Waals surface area contributed by atoms with Gasteiger partial charge in [0.05, 0.1) is 9.82 Å². The lowest BCUT2D eigenvalue weighted by atomic mass is 10.2. The van der Waals surface area contributed by atoms with Crippen LogP contribution in [0.15, 0.2) is 78.0 Å². The number of nitrogens with two attached hydrogens (primary N) is 1. The van der Waals surface area contributed by atoms with Crippen LogP contribution in [0.4, 0.5) is 17.1 Å². The Morgan fingerprint density at radius 2 is 1.55 bits per heavy atom. The Labute approximate surface area is 194 Å². The SMILES string of the molecule is NS(=O)(=O)c1ccc(NC(=O)C[n+]2cccc(C(=O)Nc3ccc([N+](=O)[O-])cc3)c2)cc1.[Cl-]. The Morgan fingerprint density at radius 3 is 2.12 bits per heavy atom. The van der Waals surface area contributed by atoms with E-state index in [-0.39, 0.29) is 35.1 Å². The molecule has 0 saturated heterocycles. The molecule has 0 saturated carbocycles. The van der Waals surface area contributed by atoms with E-state index in [4.69, 9.17) is 5.14 Å². The summed E-state index contributed by atoms with van der Waals surface area (Å²) in [5.74, 6) is -0.849. The lowest BCUT2D eigenvalue weighted by Crippen LogP contribution is -3.00. The number of non-ortho nitro benzene ring substituents is 1. The molecule has 172 valence electrons. The maximum atomic E-state index is 12.5. The second-order valence-electron chi connectivity index (χ2n) is 6.64. The van der Waals surface area contributed by atoms with E-state index in [0.29, 0.717) is 11.4 Å². The summed E-state index contributed by atoms with van der Waals surface area (Å²) in [6.45, 7) is -0.102. The molecule has 33 heavy (non-hydrogen) atoms. The number of halogens is 1. The molecule has 0 fully saturated rings. The number of amides is 2. The number of hydrogen-bond acceptors (Lipinski definition) is 6. The Morgan fingerprint density at radius 1 is 0.970 bits per heavy atom. The lowest BCUT2D eigenvalue weighted by molar-refractivity contribution is -0.684. The van der Waals surface area contributed by atoms with Gasteiger partial charge in [0.1, 0.15) is 5.56 Å². The van der Waals surface area contributed by atoms with Crippen molar-refractivity contribution in [1.82, 2.24) is 0 Å². The average molecular weight is 492 g/mol. The van der Waals surface area contributed by atoms with E-state index in [1.165, 1.54) is 59.3 Å². The summed E-state index contributed by atoms with van der Waals surface area (Å²) in [7, 11) is -3.82. The first-order valence-electron chi connectivity index (χ1n) is 9.09. The highest BCUT2D eigenvalue weighted by Crippen LogP contribution is 2.16. The van der Waals surface area contributed by atoms with Gasteiger partial charge in [0, 0.05) is 29.6 Å². The highest BCUT2D eigenvalue weighted by Gasteiger charge is 2.15. The fourth-order valence-electron chi connectivity index (χ4n) is 2.72. The van der Waals surface area contributed by atoms with E-state index in [0.717, 1.165) is 0 Å². The summed E-state index contributed by atoms with van der Waals surface area (Å²) in [4.78, 5) is 34.8. The number of aromatic nitrogens is 1. The minimum absolute atomic E-state index is 0. The van der Waals surface area contributed by atoms with E-state index in [2.05, 4.69) is 10.6 Å². The van der Waals surface area contributed by atoms with Crippen LogP contribution in [0.3, 0.4) is 0 Å². The number of hydrogen-bond donors (Lipinski definition) is 3. The number of pyridine rings is 1. The fraction of sp³-hybridized carbons (Fsp3) is 0.0500. The number of anilines is 2. The van der Waals surface area contributed by atoms with Gasteiger partial charge in [-0.25, -0.2) is 13.6 Å². The molecule has 0 radical (unpaired) electrons. The molecule has 0 aliphatic rings. The molecular weight excluding hydrogens is 474 g/mol. The third-order valence-corrected chi connectivity index (χ3v) is 5.18. The maximum Gasteiger partial charge on any atom is 0.290 e. The van der Waals surface area contributed by atoms with Crippen molar-refractivity contribution in [2.24, 2.45) is 5.14 Å². The van der Waals surface area contributed by atoms with Crippen LogP contribution >= 0.6 is 0 Å². The predicted octanol–water partition coefficient (Wildman–Crippen LogP) is -1.58. The second kappa shape index (κ2) is 10.6. The molecular formula is C20H18ClN5O6S. The van der Waals surface area contributed by atoms with Crippen LogP contribution < -0.4 is 32.7 Å². The molecule has 3 rings (SSSR count). The largest absolute Gasteiger partial charge is 1.00 e. The van der Waals surface area contributed by atoms with Gasteiger partial charge in [-0.2, -0.15) is 4.57 Å². The van der Waals surface area contributed by atoms with Crippen molar-refractivity contribution in [1.29, 1.82) is 0 Å². The molecule has 13 heteroatoms. The molecule has 0 spiro atoms.